The maximum atomic E-state index is 12.0. The lowest BCUT2D eigenvalue weighted by molar-refractivity contribution is -0.138. The van der Waals surface area contributed by atoms with Crippen molar-refractivity contribution in [2.75, 3.05) is 6.54 Å². The highest BCUT2D eigenvalue weighted by molar-refractivity contribution is 5.79. The summed E-state index contributed by atoms with van der Waals surface area (Å²) < 4.78 is 0. The molecule has 26 heavy (non-hydrogen) atoms. The van der Waals surface area contributed by atoms with E-state index in [0.717, 1.165) is 5.56 Å². The minimum atomic E-state index is -1.46. The third-order valence-corrected chi connectivity index (χ3v) is 3.40. The minimum absolute atomic E-state index is 0.0103. The quantitative estimate of drug-likeness (QED) is 0.242. The summed E-state index contributed by atoms with van der Waals surface area (Å²) in [5.74, 6) is -1.62. The van der Waals surface area contributed by atoms with Gasteiger partial charge in [0.1, 0.15) is 6.23 Å². The Labute approximate surface area is 151 Å². The fraction of sp³-hybridized carbons (Fsp3) is 0.353. The van der Waals surface area contributed by atoms with Gasteiger partial charge in [0, 0.05) is 13.1 Å². The molecule has 0 radical (unpaired) electrons. The van der Waals surface area contributed by atoms with Crippen LogP contribution in [0.3, 0.4) is 0 Å². The number of rotatable bonds is 10. The molecule has 0 aromatic heterocycles. The van der Waals surface area contributed by atoms with E-state index in [1.807, 2.05) is 0 Å². The smallest absolute Gasteiger partial charge is 0.315 e. The molecule has 1 aromatic carbocycles. The molecule has 9 heteroatoms. The van der Waals surface area contributed by atoms with E-state index in [4.69, 9.17) is 10.8 Å². The summed E-state index contributed by atoms with van der Waals surface area (Å²) in [6, 6.07) is 5.62. The maximum Gasteiger partial charge on any atom is 0.315 e. The number of carbonyl (C=O) groups excluding carboxylic acids is 2. The van der Waals surface area contributed by atoms with Crippen molar-refractivity contribution in [2.24, 2.45) is 5.73 Å². The molecule has 0 spiro atoms. The number of aliphatic hydroxyl groups is 1. The number of hydrogen-bond donors (Lipinski definition) is 6. The molecule has 1 rings (SSSR count). The number of nitrogens with one attached hydrogen (secondary N) is 3. The van der Waals surface area contributed by atoms with Crippen molar-refractivity contribution in [3.05, 3.63) is 48.0 Å². The van der Waals surface area contributed by atoms with Crippen molar-refractivity contribution in [2.45, 2.75) is 31.7 Å². The monoisotopic (exact) mass is 364 g/mol. The number of hydrogen-bond acceptors (Lipinski definition) is 5. The predicted octanol–water partition coefficient (Wildman–Crippen LogP) is -0.549. The molecule has 3 amide bonds. The zero-order valence-corrected chi connectivity index (χ0v) is 14.3. The van der Waals surface area contributed by atoms with Gasteiger partial charge in [0.05, 0.1) is 18.9 Å². The van der Waals surface area contributed by atoms with E-state index >= 15 is 0 Å². The number of nitrogens with two attached hydrogens (primary N) is 1. The Hall–Kier alpha value is -2.91. The molecule has 7 N–H and O–H groups in total. The minimum Gasteiger partial charge on any atom is -0.481 e. The molecule has 0 bridgehead atoms. The zero-order chi connectivity index (χ0) is 19.5. The van der Waals surface area contributed by atoms with Gasteiger partial charge >= 0.3 is 12.0 Å². The van der Waals surface area contributed by atoms with Crippen molar-refractivity contribution >= 4 is 17.9 Å². The number of carbonyl (C=O) groups is 3. The van der Waals surface area contributed by atoms with Crippen LogP contribution in [0.15, 0.2) is 36.9 Å². The van der Waals surface area contributed by atoms with Crippen LogP contribution in [0.5, 0.6) is 0 Å². The molecule has 9 nitrogen and oxygen atoms in total. The van der Waals surface area contributed by atoms with Crippen molar-refractivity contribution in [1.82, 2.24) is 16.0 Å². The lowest BCUT2D eigenvalue weighted by Crippen LogP contribution is -2.49. The van der Waals surface area contributed by atoms with Crippen LogP contribution < -0.4 is 21.7 Å². The lowest BCUT2D eigenvalue weighted by atomic mass is 10.1. The van der Waals surface area contributed by atoms with E-state index in [1.54, 1.807) is 30.3 Å². The van der Waals surface area contributed by atoms with E-state index in [2.05, 4.69) is 22.5 Å². The largest absolute Gasteiger partial charge is 0.481 e. The number of carboxylic acid groups (broad SMARTS) is 1. The van der Waals surface area contributed by atoms with E-state index < -0.39 is 30.6 Å². The van der Waals surface area contributed by atoms with Crippen molar-refractivity contribution < 1.29 is 24.6 Å². The highest BCUT2D eigenvalue weighted by atomic mass is 16.4. The first-order valence-electron chi connectivity index (χ1n) is 7.97. The molecule has 1 unspecified atom stereocenters. The Bertz CT molecular complexity index is 631. The van der Waals surface area contributed by atoms with Gasteiger partial charge in [0.25, 0.3) is 0 Å². The lowest BCUT2D eigenvalue weighted by Gasteiger charge is -2.19. The molecule has 1 aromatic rings. The Kier molecular flexibility index (Phi) is 8.82. The standard InChI is InChI=1S/C17H24N4O5/c1-2-7-19-17(26)20-10-12-5-3-11(4-6-12)8-14(22)21-13(16(18)25)9-15(23)24/h2-6,13,16,25H,1,7-10,18H2,(H,21,22)(H,23,24)(H2,19,20,26)/t13-,16?/m0/s1. The average molecular weight is 364 g/mol. The Morgan fingerprint density at radius 1 is 1.15 bits per heavy atom. The highest BCUT2D eigenvalue weighted by Crippen LogP contribution is 2.06. The maximum absolute atomic E-state index is 12.0. The summed E-state index contributed by atoms with van der Waals surface area (Å²) in [4.78, 5) is 34.1. The van der Waals surface area contributed by atoms with Crippen LogP contribution in [-0.2, 0) is 22.6 Å². The molecule has 142 valence electrons. The number of aliphatic hydroxyl groups excluding tert-OH is 1. The SMILES string of the molecule is C=CCNC(=O)NCc1ccc(CC(=O)N[C@@H](CC(=O)O)C(N)O)cc1. The molecular weight excluding hydrogens is 340 g/mol. The van der Waals surface area contributed by atoms with Crippen LogP contribution >= 0.6 is 0 Å². The van der Waals surface area contributed by atoms with Gasteiger partial charge < -0.3 is 31.9 Å². The van der Waals surface area contributed by atoms with Gasteiger partial charge in [-0.2, -0.15) is 0 Å². The second-order valence-corrected chi connectivity index (χ2v) is 5.61. The van der Waals surface area contributed by atoms with Crippen molar-refractivity contribution in [3.63, 3.8) is 0 Å². The summed E-state index contributed by atoms with van der Waals surface area (Å²) >= 11 is 0. The number of benzene rings is 1. The average Bonchev–Trinajstić information content (AvgIpc) is 2.58. The molecule has 0 aliphatic rings. The fourth-order valence-electron chi connectivity index (χ4n) is 2.07. The van der Waals surface area contributed by atoms with Gasteiger partial charge in [0.15, 0.2) is 0 Å². The second-order valence-electron chi connectivity index (χ2n) is 5.61. The van der Waals surface area contributed by atoms with Gasteiger partial charge in [-0.1, -0.05) is 30.3 Å². The van der Waals surface area contributed by atoms with Crippen molar-refractivity contribution in [3.8, 4) is 0 Å². The molecular formula is C17H24N4O5. The van der Waals surface area contributed by atoms with Gasteiger partial charge in [0.2, 0.25) is 5.91 Å². The first-order valence-corrected chi connectivity index (χ1v) is 7.97. The predicted molar refractivity (Wildman–Crippen MR) is 95.0 cm³/mol. The number of carboxylic acids is 1. The molecule has 0 saturated heterocycles. The molecule has 0 heterocycles. The van der Waals surface area contributed by atoms with E-state index in [9.17, 15) is 19.5 Å². The van der Waals surface area contributed by atoms with Gasteiger partial charge in [-0.25, -0.2) is 4.79 Å². The summed E-state index contributed by atoms with van der Waals surface area (Å²) in [6.45, 7) is 4.20. The van der Waals surface area contributed by atoms with Crippen LogP contribution in [0.1, 0.15) is 17.5 Å². The number of amides is 3. The Morgan fingerprint density at radius 3 is 2.31 bits per heavy atom. The first kappa shape index (κ1) is 21.1. The molecule has 0 saturated carbocycles. The second kappa shape index (κ2) is 10.9. The topological polar surface area (TPSA) is 154 Å². The van der Waals surface area contributed by atoms with Gasteiger partial charge in [-0.05, 0) is 11.1 Å². The number of urea groups is 1. The Balaban J connectivity index is 2.50. The van der Waals surface area contributed by atoms with E-state index in [1.165, 1.54) is 0 Å². The molecule has 0 aliphatic heterocycles. The van der Waals surface area contributed by atoms with Crippen LogP contribution in [0.4, 0.5) is 4.79 Å². The molecule has 0 aliphatic carbocycles. The third kappa shape index (κ3) is 8.27. The van der Waals surface area contributed by atoms with Crippen LogP contribution in [0, 0.1) is 0 Å². The normalized spacial score (nSPS) is 12.5. The zero-order valence-electron chi connectivity index (χ0n) is 14.3. The fourth-order valence-corrected chi connectivity index (χ4v) is 2.07. The van der Waals surface area contributed by atoms with Crippen molar-refractivity contribution in [1.29, 1.82) is 0 Å². The van der Waals surface area contributed by atoms with Crippen LogP contribution in [0.2, 0.25) is 0 Å². The van der Waals surface area contributed by atoms with Crippen LogP contribution in [-0.4, -0.2) is 46.9 Å². The highest BCUT2D eigenvalue weighted by Gasteiger charge is 2.21. The van der Waals surface area contributed by atoms with E-state index in [0.29, 0.717) is 18.7 Å². The Morgan fingerprint density at radius 2 is 1.77 bits per heavy atom. The third-order valence-electron chi connectivity index (χ3n) is 3.40. The molecule has 2 atom stereocenters. The van der Waals surface area contributed by atoms with E-state index in [-0.39, 0.29) is 12.5 Å². The van der Waals surface area contributed by atoms with Crippen LogP contribution in [0.25, 0.3) is 0 Å². The van der Waals surface area contributed by atoms with Gasteiger partial charge in [-0.3, -0.25) is 9.59 Å². The molecule has 0 fully saturated rings. The summed E-state index contributed by atoms with van der Waals surface area (Å²) in [5.41, 5.74) is 6.82. The van der Waals surface area contributed by atoms with Gasteiger partial charge in [-0.15, -0.1) is 6.58 Å². The number of aliphatic carboxylic acids is 1. The first-order chi connectivity index (χ1) is 12.3. The summed E-state index contributed by atoms with van der Waals surface area (Å²) in [5, 5.41) is 25.7. The summed E-state index contributed by atoms with van der Waals surface area (Å²) in [6.07, 6.45) is -0.349. The summed E-state index contributed by atoms with van der Waals surface area (Å²) in [7, 11) is 0.